The van der Waals surface area contributed by atoms with Crippen LogP contribution in [-0.4, -0.2) is 50.6 Å². The number of aromatic nitrogens is 2. The van der Waals surface area contributed by atoms with Crippen molar-refractivity contribution in [3.05, 3.63) is 59.7 Å². The quantitative estimate of drug-likeness (QED) is 0.312. The van der Waals surface area contributed by atoms with Gasteiger partial charge in [-0.2, -0.15) is 0 Å². The molecule has 3 rings (SSSR count). The average molecular weight is 573 g/mol. The Labute approximate surface area is 219 Å². The molecule has 1 aromatic heterocycles. The highest BCUT2D eigenvalue weighted by molar-refractivity contribution is 8.03. The second-order valence-corrected chi connectivity index (χ2v) is 15.1. The fraction of sp³-hybridized carbons (Fsp3) is 0.364. The molecule has 0 amide bonds. The van der Waals surface area contributed by atoms with Gasteiger partial charge < -0.3 is 0 Å². The molecule has 8 nitrogen and oxygen atoms in total. The Kier molecular flexibility index (Phi) is 9.77. The van der Waals surface area contributed by atoms with E-state index in [0.29, 0.717) is 11.5 Å². The third-order valence-electron chi connectivity index (χ3n) is 4.68. The minimum absolute atomic E-state index is 0.238. The van der Waals surface area contributed by atoms with Crippen molar-refractivity contribution >= 4 is 54.9 Å². The molecule has 2 N–H and O–H groups in total. The monoisotopic (exact) mass is 572 g/mol. The summed E-state index contributed by atoms with van der Waals surface area (Å²) in [5, 5.41) is 8.31. The first-order valence-corrected chi connectivity index (χ1v) is 16.5. The molecule has 2 atom stereocenters. The van der Waals surface area contributed by atoms with Gasteiger partial charge in [0.1, 0.15) is 0 Å². The predicted octanol–water partition coefficient (Wildman–Crippen LogP) is 4.07. The zero-order valence-electron chi connectivity index (χ0n) is 19.8. The molecule has 0 unspecified atom stereocenters. The summed E-state index contributed by atoms with van der Waals surface area (Å²) < 4.78 is 56.9. The first kappa shape index (κ1) is 28.1. The van der Waals surface area contributed by atoms with E-state index in [1.165, 1.54) is 34.9 Å². The fourth-order valence-corrected chi connectivity index (χ4v) is 8.55. The van der Waals surface area contributed by atoms with Crippen molar-refractivity contribution in [2.75, 3.05) is 11.5 Å². The smallest absolute Gasteiger partial charge is 0.208 e. The Balaban J connectivity index is 1.46. The molecule has 0 fully saturated rings. The number of aryl methyl sites for hydroxylation is 2. The molecule has 0 spiro atoms. The van der Waals surface area contributed by atoms with Crippen molar-refractivity contribution < 1.29 is 16.8 Å². The first-order chi connectivity index (χ1) is 16.4. The number of nitrogens with one attached hydrogen (secondary N) is 2. The van der Waals surface area contributed by atoms with Crippen molar-refractivity contribution in [2.45, 2.75) is 58.2 Å². The molecule has 0 radical (unpaired) electrons. The lowest BCUT2D eigenvalue weighted by Gasteiger charge is -2.13. The van der Waals surface area contributed by atoms with Crippen molar-refractivity contribution in [1.29, 1.82) is 0 Å². The molecule has 0 bridgehead atoms. The minimum atomic E-state index is -3.59. The van der Waals surface area contributed by atoms with Crippen LogP contribution < -0.4 is 9.44 Å². The summed E-state index contributed by atoms with van der Waals surface area (Å²) >= 11 is 4.24. The van der Waals surface area contributed by atoms with Gasteiger partial charge in [-0.3, -0.25) is 0 Å². The number of hydrogen-bond acceptors (Lipinski definition) is 9. The van der Waals surface area contributed by atoms with E-state index in [1.54, 1.807) is 62.4 Å². The van der Waals surface area contributed by atoms with Gasteiger partial charge >= 0.3 is 0 Å². The van der Waals surface area contributed by atoms with E-state index in [2.05, 4.69) is 19.6 Å². The van der Waals surface area contributed by atoms with Crippen molar-refractivity contribution in [2.24, 2.45) is 0 Å². The maximum atomic E-state index is 12.5. The first-order valence-electron chi connectivity index (χ1n) is 10.7. The molecule has 190 valence electrons. The van der Waals surface area contributed by atoms with Crippen LogP contribution in [-0.2, 0) is 20.0 Å². The van der Waals surface area contributed by atoms with E-state index in [1.807, 2.05) is 13.8 Å². The van der Waals surface area contributed by atoms with Crippen LogP contribution in [0.3, 0.4) is 0 Å². The number of hydrogen-bond donors (Lipinski definition) is 2. The van der Waals surface area contributed by atoms with Crippen LogP contribution in [0.15, 0.2) is 67.0 Å². The summed E-state index contributed by atoms with van der Waals surface area (Å²) in [4.78, 5) is 0.475. The fourth-order valence-electron chi connectivity index (χ4n) is 2.88. The molecule has 0 saturated heterocycles. The molecule has 0 aliphatic heterocycles. The summed E-state index contributed by atoms with van der Waals surface area (Å²) in [5.41, 5.74) is 1.99. The van der Waals surface area contributed by atoms with Gasteiger partial charge in [-0.05, 0) is 52.0 Å². The van der Waals surface area contributed by atoms with Crippen molar-refractivity contribution in [1.82, 2.24) is 19.6 Å². The van der Waals surface area contributed by atoms with Crippen LogP contribution in [0.4, 0.5) is 0 Å². The zero-order chi connectivity index (χ0) is 25.6. The van der Waals surface area contributed by atoms with Crippen LogP contribution in [0, 0.1) is 13.8 Å². The van der Waals surface area contributed by atoms with Gasteiger partial charge in [0.05, 0.1) is 9.79 Å². The summed E-state index contributed by atoms with van der Waals surface area (Å²) in [6, 6.07) is 12.8. The third kappa shape index (κ3) is 8.55. The Morgan fingerprint density at radius 1 is 0.714 bits per heavy atom. The van der Waals surface area contributed by atoms with Gasteiger partial charge in [0.25, 0.3) is 0 Å². The maximum absolute atomic E-state index is 12.5. The van der Waals surface area contributed by atoms with E-state index in [9.17, 15) is 16.8 Å². The van der Waals surface area contributed by atoms with Crippen LogP contribution in [0.2, 0.25) is 0 Å². The SMILES string of the molecule is Cc1ccc(S(=O)(=O)N[C@@H](C)CSc2nnc(SC[C@H](C)NS(=O)(=O)c3ccc(C)cc3)s2)cc1. The average Bonchev–Trinajstić information content (AvgIpc) is 3.24. The predicted molar refractivity (Wildman–Crippen MR) is 143 cm³/mol. The molecular formula is C22H28N4O4S5. The molecule has 35 heavy (non-hydrogen) atoms. The maximum Gasteiger partial charge on any atom is 0.240 e. The van der Waals surface area contributed by atoms with Crippen LogP contribution >= 0.6 is 34.9 Å². The van der Waals surface area contributed by atoms with Crippen molar-refractivity contribution in [3.63, 3.8) is 0 Å². The van der Waals surface area contributed by atoms with Gasteiger partial charge in [-0.1, -0.05) is 70.3 Å². The van der Waals surface area contributed by atoms with Gasteiger partial charge in [-0.25, -0.2) is 26.3 Å². The van der Waals surface area contributed by atoms with E-state index >= 15 is 0 Å². The second kappa shape index (κ2) is 12.2. The number of rotatable bonds is 12. The summed E-state index contributed by atoms with van der Waals surface area (Å²) in [5.74, 6) is 0.994. The van der Waals surface area contributed by atoms with E-state index in [-0.39, 0.29) is 21.9 Å². The number of thioether (sulfide) groups is 2. The normalized spacial score (nSPS) is 14.1. The lowest BCUT2D eigenvalue weighted by atomic mass is 10.2. The van der Waals surface area contributed by atoms with Gasteiger partial charge in [0.15, 0.2) is 8.68 Å². The largest absolute Gasteiger partial charge is 0.240 e. The van der Waals surface area contributed by atoms with Gasteiger partial charge in [0.2, 0.25) is 20.0 Å². The van der Waals surface area contributed by atoms with E-state index < -0.39 is 20.0 Å². The van der Waals surface area contributed by atoms with Crippen LogP contribution in [0.1, 0.15) is 25.0 Å². The van der Waals surface area contributed by atoms with Gasteiger partial charge in [0, 0.05) is 23.6 Å². The lowest BCUT2D eigenvalue weighted by Crippen LogP contribution is -2.34. The highest BCUT2D eigenvalue weighted by Crippen LogP contribution is 2.29. The van der Waals surface area contributed by atoms with E-state index in [4.69, 9.17) is 0 Å². The lowest BCUT2D eigenvalue weighted by molar-refractivity contribution is 0.569. The Bertz CT molecular complexity index is 1220. The summed E-state index contributed by atoms with van der Waals surface area (Å²) in [6.07, 6.45) is 0. The van der Waals surface area contributed by atoms with E-state index in [0.717, 1.165) is 19.8 Å². The van der Waals surface area contributed by atoms with Crippen molar-refractivity contribution in [3.8, 4) is 0 Å². The standard InChI is InChI=1S/C22H28N4O4S5/c1-15-5-9-19(10-6-15)34(27,28)25-17(3)13-31-21-23-24-22(33-21)32-14-18(4)26-35(29,30)20-11-7-16(2)8-12-20/h5-12,17-18,25-26H,13-14H2,1-4H3/t17-,18-/m0/s1. The van der Waals surface area contributed by atoms with Gasteiger partial charge in [-0.15, -0.1) is 10.2 Å². The molecule has 1 heterocycles. The Morgan fingerprint density at radius 3 is 1.40 bits per heavy atom. The molecule has 0 saturated carbocycles. The van der Waals surface area contributed by atoms with Crippen LogP contribution in [0.25, 0.3) is 0 Å². The summed E-state index contributed by atoms with van der Waals surface area (Å²) in [6.45, 7) is 7.42. The Morgan fingerprint density at radius 2 is 1.06 bits per heavy atom. The Hall–Kier alpha value is -1.48. The second-order valence-electron chi connectivity index (χ2n) is 8.13. The molecule has 0 aliphatic carbocycles. The topological polar surface area (TPSA) is 118 Å². The minimum Gasteiger partial charge on any atom is -0.208 e. The number of nitrogens with zero attached hydrogens (tertiary/aromatic N) is 2. The van der Waals surface area contributed by atoms with Crippen LogP contribution in [0.5, 0.6) is 0 Å². The third-order valence-corrected chi connectivity index (χ3v) is 11.6. The molecule has 3 aromatic rings. The number of sulfonamides is 2. The number of benzene rings is 2. The zero-order valence-corrected chi connectivity index (χ0v) is 23.8. The highest BCUT2D eigenvalue weighted by atomic mass is 32.2. The molecular weight excluding hydrogens is 545 g/mol. The molecule has 2 aromatic carbocycles. The molecule has 13 heteroatoms. The summed E-state index contributed by atoms with van der Waals surface area (Å²) in [7, 11) is -7.17. The highest BCUT2D eigenvalue weighted by Gasteiger charge is 2.19. The molecule has 0 aliphatic rings.